The van der Waals surface area contributed by atoms with Crippen LogP contribution in [0.1, 0.15) is 49.5 Å². The van der Waals surface area contributed by atoms with Crippen molar-refractivity contribution in [3.63, 3.8) is 0 Å². The summed E-state index contributed by atoms with van der Waals surface area (Å²) in [5.74, 6) is 0.261. The Morgan fingerprint density at radius 3 is 2.67 bits per heavy atom. The molecule has 172 valence electrons. The predicted molar refractivity (Wildman–Crippen MR) is 128 cm³/mol. The summed E-state index contributed by atoms with van der Waals surface area (Å²) in [5.41, 5.74) is 2.25. The summed E-state index contributed by atoms with van der Waals surface area (Å²) in [5, 5.41) is 27.5. The number of carbonyl (C=O) groups excluding carboxylic acids is 1. The summed E-state index contributed by atoms with van der Waals surface area (Å²) < 4.78 is 1.32. The minimum atomic E-state index is -0.0712. The lowest BCUT2D eigenvalue weighted by Crippen LogP contribution is -2.37. The predicted octanol–water partition coefficient (Wildman–Crippen LogP) is 3.62. The van der Waals surface area contributed by atoms with Gasteiger partial charge in [0.25, 0.3) is 5.91 Å². The van der Waals surface area contributed by atoms with Crippen LogP contribution in [0, 0.1) is 11.3 Å². The highest BCUT2D eigenvalue weighted by Gasteiger charge is 2.21. The highest BCUT2D eigenvalue weighted by atomic mass is 16.3. The van der Waals surface area contributed by atoms with Crippen LogP contribution < -0.4 is 5.32 Å². The van der Waals surface area contributed by atoms with Gasteiger partial charge in [0.2, 0.25) is 5.88 Å². The van der Waals surface area contributed by atoms with Gasteiger partial charge in [0.15, 0.2) is 5.82 Å². The Morgan fingerprint density at radius 2 is 2.09 bits per heavy atom. The molecule has 1 fully saturated rings. The molecular formula is C25H30N6O2. The van der Waals surface area contributed by atoms with Gasteiger partial charge in [-0.3, -0.25) is 4.79 Å². The fraction of sp³-hybridized carbons (Fsp3) is 0.360. The molecule has 8 nitrogen and oxygen atoms in total. The van der Waals surface area contributed by atoms with E-state index in [0.717, 1.165) is 12.1 Å². The topological polar surface area (TPSA) is 107 Å². The summed E-state index contributed by atoms with van der Waals surface area (Å²) in [6.45, 7) is 7.65. The van der Waals surface area contributed by atoms with Gasteiger partial charge in [-0.1, -0.05) is 18.2 Å². The van der Waals surface area contributed by atoms with Crippen LogP contribution in [0.3, 0.4) is 0 Å². The van der Waals surface area contributed by atoms with E-state index in [1.165, 1.54) is 23.7 Å². The summed E-state index contributed by atoms with van der Waals surface area (Å²) in [6.07, 6.45) is 12.5. The first kappa shape index (κ1) is 24.0. The summed E-state index contributed by atoms with van der Waals surface area (Å²) in [7, 11) is 0. The highest BCUT2D eigenvalue weighted by molar-refractivity contribution is 5.94. The monoisotopic (exact) mass is 446 g/mol. The Balaban J connectivity index is 1.73. The van der Waals surface area contributed by atoms with Crippen LogP contribution in [-0.2, 0) is 0 Å². The van der Waals surface area contributed by atoms with E-state index in [1.54, 1.807) is 48.4 Å². The molecule has 2 N–H and O–H groups in total. The molecule has 0 unspecified atom stereocenters. The number of rotatable bonds is 10. The lowest BCUT2D eigenvalue weighted by molar-refractivity contribution is 0.0765. The van der Waals surface area contributed by atoms with Crippen LogP contribution in [0.2, 0.25) is 0 Å². The molecule has 0 aliphatic heterocycles. The first-order chi connectivity index (χ1) is 16.0. The van der Waals surface area contributed by atoms with Crippen molar-refractivity contribution in [2.45, 2.75) is 39.7 Å². The molecule has 0 saturated heterocycles. The molecule has 2 heterocycles. The van der Waals surface area contributed by atoms with Gasteiger partial charge in [-0.2, -0.15) is 15.0 Å². The van der Waals surface area contributed by atoms with E-state index in [2.05, 4.69) is 21.5 Å². The van der Waals surface area contributed by atoms with Crippen molar-refractivity contribution in [3.05, 3.63) is 65.5 Å². The SMILES string of the molecule is C/C=C(C#N)/C=C\C(=C\C)c1cnn(-c2ccc(C(=O)N(CC)CCNC3CC3)cn2)c1O. The number of aromatic nitrogens is 3. The van der Waals surface area contributed by atoms with Gasteiger partial charge in [-0.15, -0.1) is 0 Å². The fourth-order valence-electron chi connectivity index (χ4n) is 3.35. The van der Waals surface area contributed by atoms with Crippen LogP contribution in [0.5, 0.6) is 5.88 Å². The molecule has 0 bridgehead atoms. The standard InChI is InChI=1S/C25H30N6O2/c1-4-18(15-26)7-8-19(5-2)22-17-29-31(25(22)33)23-12-9-20(16-28-23)24(32)30(6-3)14-13-27-21-10-11-21/h4-5,7-9,12,16-17,21,27,33H,6,10-11,13-14H2,1-3H3/b8-7-,18-4-,19-5-. The number of hydrogen-bond acceptors (Lipinski definition) is 6. The van der Waals surface area contributed by atoms with E-state index in [-0.39, 0.29) is 11.8 Å². The van der Waals surface area contributed by atoms with E-state index in [4.69, 9.17) is 5.26 Å². The Morgan fingerprint density at radius 1 is 1.30 bits per heavy atom. The quantitative estimate of drug-likeness (QED) is 0.426. The molecule has 1 saturated carbocycles. The average Bonchev–Trinajstić information content (AvgIpc) is 3.60. The van der Waals surface area contributed by atoms with E-state index < -0.39 is 0 Å². The number of likely N-dealkylation sites (N-methyl/N-ethyl adjacent to an activating group) is 1. The molecule has 2 aromatic heterocycles. The van der Waals surface area contributed by atoms with Crippen LogP contribution in [-0.4, -0.2) is 56.4 Å². The molecule has 0 atom stereocenters. The molecule has 0 aromatic carbocycles. The second kappa shape index (κ2) is 11.2. The second-order valence-corrected chi connectivity index (χ2v) is 7.75. The lowest BCUT2D eigenvalue weighted by atomic mass is 10.1. The minimum absolute atomic E-state index is 0.0698. The van der Waals surface area contributed by atoms with Crippen molar-refractivity contribution in [2.24, 2.45) is 0 Å². The van der Waals surface area contributed by atoms with Crippen molar-refractivity contribution < 1.29 is 9.90 Å². The summed E-state index contributed by atoms with van der Waals surface area (Å²) in [6, 6.07) is 6.07. The molecule has 3 rings (SSSR count). The normalized spacial score (nSPS) is 14.5. The van der Waals surface area contributed by atoms with Gasteiger partial charge in [-0.25, -0.2) is 4.98 Å². The third kappa shape index (κ3) is 5.96. The van der Waals surface area contributed by atoms with Crippen LogP contribution >= 0.6 is 0 Å². The molecule has 8 heteroatoms. The first-order valence-electron chi connectivity index (χ1n) is 11.2. The number of allylic oxidation sites excluding steroid dienone is 6. The number of nitrogens with one attached hydrogen (secondary N) is 1. The van der Waals surface area contributed by atoms with E-state index >= 15 is 0 Å². The molecule has 33 heavy (non-hydrogen) atoms. The average molecular weight is 447 g/mol. The molecule has 1 aliphatic carbocycles. The number of hydrogen-bond donors (Lipinski definition) is 2. The summed E-state index contributed by atoms with van der Waals surface area (Å²) in [4.78, 5) is 19.0. The van der Waals surface area contributed by atoms with Gasteiger partial charge in [0.1, 0.15) is 0 Å². The molecular weight excluding hydrogens is 416 g/mol. The zero-order valence-electron chi connectivity index (χ0n) is 19.3. The first-order valence-corrected chi connectivity index (χ1v) is 11.2. The lowest BCUT2D eigenvalue weighted by Gasteiger charge is -2.21. The van der Waals surface area contributed by atoms with Crippen molar-refractivity contribution in [1.82, 2.24) is 25.0 Å². The fourth-order valence-corrected chi connectivity index (χ4v) is 3.35. The third-order valence-electron chi connectivity index (χ3n) is 5.52. The Kier molecular flexibility index (Phi) is 8.17. The van der Waals surface area contributed by atoms with Crippen molar-refractivity contribution in [2.75, 3.05) is 19.6 Å². The van der Waals surface area contributed by atoms with Crippen LogP contribution in [0.4, 0.5) is 0 Å². The number of aromatic hydroxyl groups is 1. The maximum Gasteiger partial charge on any atom is 0.255 e. The number of nitriles is 1. The van der Waals surface area contributed by atoms with Crippen molar-refractivity contribution in [3.8, 4) is 17.8 Å². The second-order valence-electron chi connectivity index (χ2n) is 7.75. The van der Waals surface area contributed by atoms with Crippen molar-refractivity contribution in [1.29, 1.82) is 5.26 Å². The smallest absolute Gasteiger partial charge is 0.255 e. The minimum Gasteiger partial charge on any atom is -0.493 e. The van der Waals surface area contributed by atoms with Gasteiger partial charge in [0, 0.05) is 37.4 Å². The number of nitrogens with zero attached hydrogens (tertiary/aromatic N) is 5. The van der Waals surface area contributed by atoms with Crippen molar-refractivity contribution >= 4 is 11.5 Å². The van der Waals surface area contributed by atoms with E-state index in [0.29, 0.717) is 41.6 Å². The van der Waals surface area contributed by atoms with E-state index in [9.17, 15) is 9.90 Å². The molecule has 2 aromatic rings. The molecule has 0 spiro atoms. The summed E-state index contributed by atoms with van der Waals surface area (Å²) >= 11 is 0. The number of carbonyl (C=O) groups is 1. The highest BCUT2D eigenvalue weighted by Crippen LogP contribution is 2.28. The van der Waals surface area contributed by atoms with Gasteiger partial charge in [0.05, 0.1) is 23.4 Å². The Labute approximate surface area is 194 Å². The van der Waals surface area contributed by atoms with E-state index in [1.807, 2.05) is 19.9 Å². The maximum absolute atomic E-state index is 12.8. The van der Waals surface area contributed by atoms with Crippen LogP contribution in [0.15, 0.2) is 54.4 Å². The third-order valence-corrected chi connectivity index (χ3v) is 5.52. The number of pyridine rings is 1. The molecule has 0 radical (unpaired) electrons. The zero-order chi connectivity index (χ0) is 23.8. The number of amides is 1. The Bertz CT molecular complexity index is 1100. The Hall–Kier alpha value is -3.70. The van der Waals surface area contributed by atoms with Gasteiger partial charge < -0.3 is 15.3 Å². The van der Waals surface area contributed by atoms with Gasteiger partial charge >= 0.3 is 0 Å². The zero-order valence-corrected chi connectivity index (χ0v) is 19.3. The molecule has 1 aliphatic rings. The van der Waals surface area contributed by atoms with Crippen LogP contribution in [0.25, 0.3) is 11.4 Å². The van der Waals surface area contributed by atoms with Gasteiger partial charge in [-0.05, 0) is 57.4 Å². The molecule has 1 amide bonds. The maximum atomic E-state index is 12.8. The largest absolute Gasteiger partial charge is 0.493 e.